The maximum absolute atomic E-state index is 12.5. The molecule has 1 amide bonds. The molecule has 0 bridgehead atoms. The van der Waals surface area contributed by atoms with E-state index in [1.54, 1.807) is 24.0 Å². The third kappa shape index (κ3) is 4.12. The van der Waals surface area contributed by atoms with E-state index in [-0.39, 0.29) is 18.4 Å². The van der Waals surface area contributed by atoms with E-state index in [4.69, 9.17) is 11.6 Å². The normalized spacial score (nSPS) is 13.6. The number of hydrogen-bond acceptors (Lipinski definition) is 3. The average molecular weight is 336 g/mol. The minimum Gasteiger partial charge on any atom is -0.391 e. The van der Waals surface area contributed by atoms with E-state index in [1.165, 1.54) is 0 Å². The molecule has 0 saturated carbocycles. The van der Waals surface area contributed by atoms with Crippen molar-refractivity contribution in [3.05, 3.63) is 41.0 Å². The maximum atomic E-state index is 12.5. The topological polar surface area (TPSA) is 67.2 Å². The average Bonchev–Trinajstić information content (AvgIpc) is 2.93. The Balaban J connectivity index is 2.20. The summed E-state index contributed by atoms with van der Waals surface area (Å²) in [5.41, 5.74) is 1.69. The number of hydrogen-bond donors (Lipinski definition) is 2. The number of rotatable bonds is 6. The van der Waals surface area contributed by atoms with E-state index < -0.39 is 6.10 Å². The Morgan fingerprint density at radius 1 is 1.43 bits per heavy atom. The number of nitrogens with one attached hydrogen (secondary N) is 1. The maximum Gasteiger partial charge on any atom is 0.255 e. The van der Waals surface area contributed by atoms with Gasteiger partial charge in [-0.25, -0.2) is 0 Å². The third-order valence-corrected chi connectivity index (χ3v) is 4.30. The number of aliphatic hydroxyl groups is 1. The number of nitrogens with zero attached hydrogens (tertiary/aromatic N) is 2. The highest BCUT2D eigenvalue weighted by Crippen LogP contribution is 2.28. The number of benzene rings is 1. The monoisotopic (exact) mass is 335 g/mol. The largest absolute Gasteiger partial charge is 0.391 e. The van der Waals surface area contributed by atoms with Crippen LogP contribution in [0.1, 0.15) is 30.6 Å². The first-order valence-corrected chi connectivity index (χ1v) is 8.06. The number of amides is 1. The molecule has 0 aliphatic rings. The Labute approximate surface area is 141 Å². The van der Waals surface area contributed by atoms with Crippen molar-refractivity contribution in [3.8, 4) is 11.3 Å². The lowest BCUT2D eigenvalue weighted by Crippen LogP contribution is -2.35. The van der Waals surface area contributed by atoms with E-state index in [2.05, 4.69) is 10.4 Å². The second-order valence-electron chi connectivity index (χ2n) is 5.71. The Morgan fingerprint density at radius 2 is 2.13 bits per heavy atom. The van der Waals surface area contributed by atoms with Gasteiger partial charge < -0.3 is 10.4 Å². The molecular weight excluding hydrogens is 314 g/mol. The van der Waals surface area contributed by atoms with Crippen LogP contribution < -0.4 is 5.32 Å². The third-order valence-electron chi connectivity index (χ3n) is 3.97. The number of aromatic nitrogens is 2. The van der Waals surface area contributed by atoms with Gasteiger partial charge in [-0.05, 0) is 12.0 Å². The van der Waals surface area contributed by atoms with Gasteiger partial charge in [0.2, 0.25) is 0 Å². The first-order valence-electron chi connectivity index (χ1n) is 7.68. The summed E-state index contributed by atoms with van der Waals surface area (Å²) in [6.45, 7) is 4.17. The van der Waals surface area contributed by atoms with Gasteiger partial charge in [0.15, 0.2) is 0 Å². The van der Waals surface area contributed by atoms with Gasteiger partial charge in [0.1, 0.15) is 5.69 Å². The van der Waals surface area contributed by atoms with Crippen LogP contribution in [0.25, 0.3) is 11.3 Å². The zero-order valence-electron chi connectivity index (χ0n) is 13.6. The number of carbonyl (C=O) groups excluding carboxylic acids is 1. The number of halogens is 1. The summed E-state index contributed by atoms with van der Waals surface area (Å²) in [5, 5.41) is 17.7. The first-order chi connectivity index (χ1) is 10.9. The lowest BCUT2D eigenvalue weighted by atomic mass is 10.0. The van der Waals surface area contributed by atoms with Crippen molar-refractivity contribution in [1.29, 1.82) is 0 Å². The highest BCUT2D eigenvalue weighted by Gasteiger charge is 2.20. The molecule has 1 aromatic heterocycles. The van der Waals surface area contributed by atoms with Crippen molar-refractivity contribution in [2.24, 2.45) is 13.0 Å². The molecule has 1 heterocycles. The van der Waals surface area contributed by atoms with Crippen LogP contribution in [0.15, 0.2) is 30.5 Å². The molecule has 0 saturated heterocycles. The predicted octanol–water partition coefficient (Wildman–Crippen LogP) is 2.88. The van der Waals surface area contributed by atoms with Crippen LogP contribution >= 0.6 is 11.6 Å². The number of aryl methyl sites for hydroxylation is 1. The highest BCUT2D eigenvalue weighted by molar-refractivity contribution is 6.33. The molecule has 1 aromatic carbocycles. The minimum absolute atomic E-state index is 0.132. The summed E-state index contributed by atoms with van der Waals surface area (Å²) in [5.74, 6) is -0.136. The zero-order chi connectivity index (χ0) is 17.0. The minimum atomic E-state index is -0.565. The molecule has 23 heavy (non-hydrogen) atoms. The molecule has 2 aromatic rings. The molecule has 2 rings (SSSR count). The van der Waals surface area contributed by atoms with E-state index in [0.717, 1.165) is 6.42 Å². The van der Waals surface area contributed by atoms with Gasteiger partial charge in [-0.3, -0.25) is 9.48 Å². The van der Waals surface area contributed by atoms with Gasteiger partial charge >= 0.3 is 0 Å². The van der Waals surface area contributed by atoms with E-state index in [0.29, 0.717) is 21.8 Å². The van der Waals surface area contributed by atoms with Crippen molar-refractivity contribution in [3.63, 3.8) is 0 Å². The molecule has 0 radical (unpaired) electrons. The Kier molecular flexibility index (Phi) is 5.80. The van der Waals surface area contributed by atoms with Crippen molar-refractivity contribution < 1.29 is 9.90 Å². The van der Waals surface area contributed by atoms with Gasteiger partial charge in [-0.15, -0.1) is 0 Å². The molecular formula is C17H22ClN3O2. The summed E-state index contributed by atoms with van der Waals surface area (Å²) in [6, 6.07) is 7.27. The molecule has 0 aliphatic heterocycles. The lowest BCUT2D eigenvalue weighted by molar-refractivity contribution is 0.0850. The van der Waals surface area contributed by atoms with Crippen molar-refractivity contribution in [1.82, 2.24) is 15.1 Å². The van der Waals surface area contributed by atoms with Crippen LogP contribution in [0, 0.1) is 5.92 Å². The second kappa shape index (κ2) is 7.62. The fourth-order valence-corrected chi connectivity index (χ4v) is 2.50. The molecule has 2 N–H and O–H groups in total. The number of carbonyl (C=O) groups is 1. The van der Waals surface area contributed by atoms with E-state index in [9.17, 15) is 9.90 Å². The fraction of sp³-hybridized carbons (Fsp3) is 0.412. The van der Waals surface area contributed by atoms with E-state index in [1.807, 2.05) is 32.0 Å². The highest BCUT2D eigenvalue weighted by atomic mass is 35.5. The Bertz CT molecular complexity index is 684. The predicted molar refractivity (Wildman–Crippen MR) is 91.4 cm³/mol. The van der Waals surface area contributed by atoms with Gasteiger partial charge in [-0.1, -0.05) is 50.1 Å². The zero-order valence-corrected chi connectivity index (χ0v) is 14.3. The lowest BCUT2D eigenvalue weighted by Gasteiger charge is -2.17. The molecule has 124 valence electrons. The van der Waals surface area contributed by atoms with E-state index >= 15 is 0 Å². The second-order valence-corrected chi connectivity index (χ2v) is 6.12. The molecule has 0 fully saturated rings. The van der Waals surface area contributed by atoms with Crippen molar-refractivity contribution in [2.45, 2.75) is 26.4 Å². The summed E-state index contributed by atoms with van der Waals surface area (Å²) in [7, 11) is 1.76. The molecule has 2 unspecified atom stereocenters. The van der Waals surface area contributed by atoms with Gasteiger partial charge in [-0.2, -0.15) is 5.10 Å². The summed E-state index contributed by atoms with van der Waals surface area (Å²) < 4.78 is 1.58. The number of aliphatic hydroxyl groups excluding tert-OH is 1. The summed E-state index contributed by atoms with van der Waals surface area (Å²) >= 11 is 6.21. The smallest absolute Gasteiger partial charge is 0.255 e. The summed E-state index contributed by atoms with van der Waals surface area (Å²) in [4.78, 5) is 12.5. The molecule has 0 spiro atoms. The van der Waals surface area contributed by atoms with Crippen LogP contribution in [0.3, 0.4) is 0 Å². The summed E-state index contributed by atoms with van der Waals surface area (Å²) in [6.07, 6.45) is 1.95. The van der Waals surface area contributed by atoms with Crippen molar-refractivity contribution >= 4 is 17.5 Å². The first kappa shape index (κ1) is 17.5. The fourth-order valence-electron chi connectivity index (χ4n) is 2.27. The molecule has 6 heteroatoms. The van der Waals surface area contributed by atoms with Crippen LogP contribution in [-0.4, -0.2) is 33.4 Å². The van der Waals surface area contributed by atoms with Crippen LogP contribution in [0.5, 0.6) is 0 Å². The SMILES string of the molecule is CCC(C)C(O)CNC(=O)c1cn(C)nc1-c1ccccc1Cl. The molecule has 2 atom stereocenters. The Hall–Kier alpha value is -1.85. The van der Waals surface area contributed by atoms with Crippen LogP contribution in [-0.2, 0) is 7.05 Å². The van der Waals surface area contributed by atoms with Gasteiger partial charge in [0.25, 0.3) is 5.91 Å². The van der Waals surface area contributed by atoms with Crippen molar-refractivity contribution in [2.75, 3.05) is 6.54 Å². The van der Waals surface area contributed by atoms with Gasteiger partial charge in [0.05, 0.1) is 16.7 Å². The van der Waals surface area contributed by atoms with Gasteiger partial charge in [0, 0.05) is 25.4 Å². The quantitative estimate of drug-likeness (QED) is 0.853. The molecule has 5 nitrogen and oxygen atoms in total. The van der Waals surface area contributed by atoms with Crippen LogP contribution in [0.2, 0.25) is 5.02 Å². The standard InChI is InChI=1S/C17H22ClN3O2/c1-4-11(2)15(22)9-19-17(23)13-10-21(3)20-16(13)12-7-5-6-8-14(12)18/h5-8,10-11,15,22H,4,9H2,1-3H3,(H,19,23). The molecule has 0 aliphatic carbocycles. The van der Waals surface area contributed by atoms with Crippen LogP contribution in [0.4, 0.5) is 0 Å². The Morgan fingerprint density at radius 3 is 2.78 bits per heavy atom.